The molecule has 180 valence electrons. The van der Waals surface area contributed by atoms with Crippen LogP contribution in [0.3, 0.4) is 0 Å². The first-order valence-electron chi connectivity index (χ1n) is 11.3. The van der Waals surface area contributed by atoms with Gasteiger partial charge in [-0.05, 0) is 35.4 Å². The van der Waals surface area contributed by atoms with Gasteiger partial charge in [0, 0.05) is 30.8 Å². The number of hydrogen-bond donors (Lipinski definition) is 0. The van der Waals surface area contributed by atoms with Crippen LogP contribution in [-0.2, 0) is 17.5 Å². The maximum absolute atomic E-state index is 14.9. The summed E-state index contributed by atoms with van der Waals surface area (Å²) in [6.07, 6.45) is -2.97. The lowest BCUT2D eigenvalue weighted by Gasteiger charge is -2.26. The number of benzene rings is 3. The summed E-state index contributed by atoms with van der Waals surface area (Å²) >= 11 is 0. The summed E-state index contributed by atoms with van der Waals surface area (Å²) < 4.78 is 64.1. The van der Waals surface area contributed by atoms with E-state index in [4.69, 9.17) is 4.74 Å². The molecular formula is C27H23F4N3O. The Morgan fingerprint density at radius 2 is 1.57 bits per heavy atom. The van der Waals surface area contributed by atoms with Crippen LogP contribution < -0.4 is 0 Å². The van der Waals surface area contributed by atoms with Gasteiger partial charge in [0.2, 0.25) is 0 Å². The Balaban J connectivity index is 1.64. The van der Waals surface area contributed by atoms with Crippen molar-refractivity contribution in [1.82, 2.24) is 14.7 Å². The molecule has 0 bridgehead atoms. The van der Waals surface area contributed by atoms with Crippen LogP contribution in [-0.4, -0.2) is 41.0 Å². The summed E-state index contributed by atoms with van der Waals surface area (Å²) in [6, 6.07) is 18.8. The number of rotatable bonds is 5. The van der Waals surface area contributed by atoms with E-state index in [0.717, 1.165) is 11.6 Å². The summed E-state index contributed by atoms with van der Waals surface area (Å²) in [7, 11) is 0. The van der Waals surface area contributed by atoms with E-state index in [0.29, 0.717) is 44.1 Å². The molecule has 0 aliphatic carbocycles. The molecule has 5 rings (SSSR count). The van der Waals surface area contributed by atoms with Gasteiger partial charge < -0.3 is 4.74 Å². The maximum Gasteiger partial charge on any atom is 0.417 e. The molecule has 1 aliphatic heterocycles. The highest BCUT2D eigenvalue weighted by Gasteiger charge is 2.34. The third-order valence-corrected chi connectivity index (χ3v) is 6.11. The number of aromatic nitrogens is 2. The predicted octanol–water partition coefficient (Wildman–Crippen LogP) is 6.20. The normalized spacial score (nSPS) is 14.9. The lowest BCUT2D eigenvalue weighted by Crippen LogP contribution is -2.35. The number of ether oxygens (including phenoxy) is 1. The average Bonchev–Trinajstić information content (AvgIpc) is 3.28. The van der Waals surface area contributed by atoms with Crippen LogP contribution in [0, 0.1) is 5.82 Å². The fraction of sp³-hybridized carbons (Fsp3) is 0.222. The topological polar surface area (TPSA) is 30.3 Å². The minimum Gasteiger partial charge on any atom is -0.379 e. The molecule has 1 fully saturated rings. The van der Waals surface area contributed by atoms with Gasteiger partial charge in [0.1, 0.15) is 5.82 Å². The van der Waals surface area contributed by atoms with E-state index in [1.165, 1.54) is 16.8 Å². The quantitative estimate of drug-likeness (QED) is 0.318. The van der Waals surface area contributed by atoms with Gasteiger partial charge >= 0.3 is 6.18 Å². The van der Waals surface area contributed by atoms with Gasteiger partial charge in [-0.2, -0.15) is 18.3 Å². The fourth-order valence-electron chi connectivity index (χ4n) is 4.40. The number of hydrogen-bond acceptors (Lipinski definition) is 3. The third-order valence-electron chi connectivity index (χ3n) is 6.11. The van der Waals surface area contributed by atoms with Crippen molar-refractivity contribution >= 4 is 0 Å². The average molecular weight is 481 g/mol. The molecule has 4 aromatic rings. The molecule has 35 heavy (non-hydrogen) atoms. The van der Waals surface area contributed by atoms with Gasteiger partial charge in [0.15, 0.2) is 0 Å². The molecule has 0 radical (unpaired) electrons. The highest BCUT2D eigenvalue weighted by atomic mass is 19.4. The zero-order valence-corrected chi connectivity index (χ0v) is 18.8. The second kappa shape index (κ2) is 9.64. The Kier molecular flexibility index (Phi) is 6.40. The first-order valence-corrected chi connectivity index (χ1v) is 11.3. The van der Waals surface area contributed by atoms with Crippen LogP contribution in [0.2, 0.25) is 0 Å². The second-order valence-corrected chi connectivity index (χ2v) is 8.39. The summed E-state index contributed by atoms with van der Waals surface area (Å²) in [4.78, 5) is 2.16. The minimum atomic E-state index is -4.58. The van der Waals surface area contributed by atoms with Crippen molar-refractivity contribution in [1.29, 1.82) is 0 Å². The predicted molar refractivity (Wildman–Crippen MR) is 125 cm³/mol. The Labute approximate surface area is 200 Å². The van der Waals surface area contributed by atoms with Gasteiger partial charge in [0.25, 0.3) is 0 Å². The number of morpholine rings is 1. The van der Waals surface area contributed by atoms with Crippen molar-refractivity contribution in [3.05, 3.63) is 95.9 Å². The zero-order valence-electron chi connectivity index (χ0n) is 18.8. The van der Waals surface area contributed by atoms with Crippen LogP contribution in [0.15, 0.2) is 79.0 Å². The summed E-state index contributed by atoms with van der Waals surface area (Å²) in [5.41, 5.74) is 1.44. The third kappa shape index (κ3) is 4.85. The van der Waals surface area contributed by atoms with Gasteiger partial charge in [-0.15, -0.1) is 0 Å². The lowest BCUT2D eigenvalue weighted by atomic mass is 9.98. The van der Waals surface area contributed by atoms with Crippen molar-refractivity contribution in [2.75, 3.05) is 26.3 Å². The molecule has 0 saturated carbocycles. The monoisotopic (exact) mass is 481 g/mol. The van der Waals surface area contributed by atoms with E-state index in [1.54, 1.807) is 60.8 Å². The molecule has 1 aromatic heterocycles. The smallest absolute Gasteiger partial charge is 0.379 e. The highest BCUT2D eigenvalue weighted by Crippen LogP contribution is 2.39. The molecule has 0 spiro atoms. The number of nitrogens with zero attached hydrogens (tertiary/aromatic N) is 3. The minimum absolute atomic E-state index is 0.0787. The molecule has 3 aromatic carbocycles. The molecule has 1 saturated heterocycles. The first kappa shape index (κ1) is 23.3. The summed E-state index contributed by atoms with van der Waals surface area (Å²) in [5.74, 6) is -0.463. The zero-order chi connectivity index (χ0) is 24.4. The standard InChI is InChI=1S/C27H23F4N3O/c28-25-9-5-4-8-23(25)26-20(18-33-12-14-35-15-13-33)17-32-34(26)21-10-11-22(19-6-2-1-3-7-19)24(16-21)27(29,30)31/h1-11,16-17H,12-15,18H2. The SMILES string of the molecule is Fc1ccccc1-c1c(CN2CCOCC2)cnn1-c1ccc(-c2ccccc2)c(C(F)(F)F)c1. The molecule has 0 amide bonds. The maximum atomic E-state index is 14.9. The molecular weight excluding hydrogens is 458 g/mol. The largest absolute Gasteiger partial charge is 0.417 e. The Bertz CT molecular complexity index is 1310. The van der Waals surface area contributed by atoms with Gasteiger partial charge in [-0.3, -0.25) is 4.90 Å². The fourth-order valence-corrected chi connectivity index (χ4v) is 4.40. The van der Waals surface area contributed by atoms with Crippen LogP contribution >= 0.6 is 0 Å². The van der Waals surface area contributed by atoms with Crippen LogP contribution in [0.5, 0.6) is 0 Å². The van der Waals surface area contributed by atoms with E-state index in [2.05, 4.69) is 10.00 Å². The van der Waals surface area contributed by atoms with Crippen LogP contribution in [0.1, 0.15) is 11.1 Å². The second-order valence-electron chi connectivity index (χ2n) is 8.39. The van der Waals surface area contributed by atoms with Crippen molar-refractivity contribution in [2.24, 2.45) is 0 Å². The van der Waals surface area contributed by atoms with Crippen LogP contribution in [0.4, 0.5) is 17.6 Å². The molecule has 1 aliphatic rings. The van der Waals surface area contributed by atoms with E-state index in [9.17, 15) is 17.6 Å². The van der Waals surface area contributed by atoms with Crippen molar-refractivity contribution in [2.45, 2.75) is 12.7 Å². The Morgan fingerprint density at radius 1 is 0.857 bits per heavy atom. The van der Waals surface area contributed by atoms with Crippen molar-refractivity contribution < 1.29 is 22.3 Å². The van der Waals surface area contributed by atoms with E-state index < -0.39 is 17.6 Å². The van der Waals surface area contributed by atoms with Crippen molar-refractivity contribution in [3.8, 4) is 28.1 Å². The van der Waals surface area contributed by atoms with E-state index in [-0.39, 0.29) is 16.8 Å². The summed E-state index contributed by atoms with van der Waals surface area (Å²) in [5, 5.41) is 4.42. The number of halogens is 4. The Hall–Kier alpha value is -3.49. The van der Waals surface area contributed by atoms with Gasteiger partial charge in [-0.25, -0.2) is 9.07 Å². The van der Waals surface area contributed by atoms with Crippen LogP contribution in [0.25, 0.3) is 28.1 Å². The molecule has 8 heteroatoms. The van der Waals surface area contributed by atoms with Gasteiger partial charge in [0.05, 0.1) is 36.4 Å². The highest BCUT2D eigenvalue weighted by molar-refractivity contribution is 5.71. The van der Waals surface area contributed by atoms with E-state index in [1.807, 2.05) is 0 Å². The first-order chi connectivity index (χ1) is 16.9. The molecule has 0 atom stereocenters. The molecule has 2 heterocycles. The van der Waals surface area contributed by atoms with Crippen molar-refractivity contribution in [3.63, 3.8) is 0 Å². The molecule has 0 unspecified atom stereocenters. The summed E-state index contributed by atoms with van der Waals surface area (Å²) in [6.45, 7) is 3.11. The molecule has 0 N–H and O–H groups in total. The lowest BCUT2D eigenvalue weighted by molar-refractivity contribution is -0.137. The Morgan fingerprint density at radius 3 is 2.29 bits per heavy atom. The van der Waals surface area contributed by atoms with Gasteiger partial charge in [-0.1, -0.05) is 48.5 Å². The number of alkyl halides is 3. The van der Waals surface area contributed by atoms with E-state index >= 15 is 0 Å². The molecule has 4 nitrogen and oxygen atoms in total.